The molecule has 4 bridgehead atoms. The highest BCUT2D eigenvalue weighted by molar-refractivity contribution is 7.85. The molecule has 0 aliphatic carbocycles. The zero-order valence-electron chi connectivity index (χ0n) is 26.8. The van der Waals surface area contributed by atoms with Crippen LogP contribution in [0.15, 0.2) is 0 Å². The fourth-order valence-corrected chi connectivity index (χ4v) is 7.53. The Bertz CT molecular complexity index is 1490. The van der Waals surface area contributed by atoms with Gasteiger partial charge in [-0.2, -0.15) is 27.0 Å². The average Bonchev–Trinajstić information content (AvgIpc) is 3.79. The molecule has 24 heteroatoms. The number of hydrogen-bond acceptors (Lipinski definition) is 15. The van der Waals surface area contributed by atoms with E-state index in [4.69, 9.17) is 23.6 Å². The fraction of sp³-hybridized carbons (Fsp3) is 0.840. The van der Waals surface area contributed by atoms with Crippen molar-refractivity contribution in [3.8, 4) is 0 Å². The summed E-state index contributed by atoms with van der Waals surface area (Å²) >= 11 is 0. The van der Waals surface area contributed by atoms with Gasteiger partial charge in [0.05, 0.1) is 37.2 Å². The lowest BCUT2D eigenvalue weighted by Gasteiger charge is -2.29. The summed E-state index contributed by atoms with van der Waals surface area (Å²) in [5.74, 6) is -0.921. The maximum absolute atomic E-state index is 12.3. The molecule has 6 saturated heterocycles. The van der Waals surface area contributed by atoms with E-state index in [-0.39, 0.29) is 44.0 Å². The maximum Gasteiger partial charge on any atom is 0.418 e. The highest BCUT2D eigenvalue weighted by Crippen LogP contribution is 2.32. The van der Waals surface area contributed by atoms with E-state index in [9.17, 15) is 36.0 Å². The van der Waals surface area contributed by atoms with Crippen molar-refractivity contribution in [2.75, 3.05) is 39.0 Å². The van der Waals surface area contributed by atoms with Crippen LogP contribution in [0.25, 0.3) is 0 Å². The van der Waals surface area contributed by atoms with Crippen LogP contribution in [-0.2, 0) is 48.3 Å². The standard InChI is InChI=1S/C13H22N4O6S.C12H20N4O8S/c1-8-5-10(6-14-8)22-15-12(18)11-4-3-9-7-16(11)13(19)17(9)23-24(2,20)21;17-6-7-3-9(4-13-7)23-14-11(18)10-2-1-8-5-15(10)12(19)16(8)24-25(20,21)22/h8-11,14H,3-7H2,1-2H3,(H,15,18);7-10,13,17H,1-6H2,(H,14,18)(H,20,21,22)/t8-,9+,10?,11-;7-,8-,9?,10+/m01/s1. The summed E-state index contributed by atoms with van der Waals surface area (Å²) in [5, 5.41) is 16.7. The number of rotatable bonds is 11. The first kappa shape index (κ1) is 37.3. The van der Waals surface area contributed by atoms with E-state index >= 15 is 0 Å². The predicted molar refractivity (Wildman–Crippen MR) is 162 cm³/mol. The number of fused-ring (bicyclic) bond motifs is 4. The van der Waals surface area contributed by atoms with E-state index in [2.05, 4.69) is 25.9 Å². The van der Waals surface area contributed by atoms with E-state index in [0.717, 1.165) is 17.7 Å². The Morgan fingerprint density at radius 1 is 0.816 bits per heavy atom. The first-order valence-corrected chi connectivity index (χ1v) is 19.0. The highest BCUT2D eigenvalue weighted by Gasteiger charge is 2.50. The molecule has 0 radical (unpaired) electrons. The highest BCUT2D eigenvalue weighted by atomic mass is 32.3. The van der Waals surface area contributed by atoms with Crippen molar-refractivity contribution in [1.82, 2.24) is 41.5 Å². The van der Waals surface area contributed by atoms with Crippen LogP contribution in [-0.4, -0.2) is 158 Å². The molecule has 0 saturated carbocycles. The Kier molecular flexibility index (Phi) is 11.5. The molecular formula is C25H42N8O14S2. The van der Waals surface area contributed by atoms with Gasteiger partial charge in [-0.1, -0.05) is 0 Å². The second kappa shape index (κ2) is 15.1. The first-order valence-electron chi connectivity index (χ1n) is 15.8. The molecule has 6 amide bonds. The monoisotopic (exact) mass is 742 g/mol. The van der Waals surface area contributed by atoms with Crippen LogP contribution in [0.3, 0.4) is 0 Å². The second-order valence-corrected chi connectivity index (χ2v) is 15.3. The predicted octanol–water partition coefficient (Wildman–Crippen LogP) is -3.30. The van der Waals surface area contributed by atoms with Crippen molar-refractivity contribution < 1.29 is 63.9 Å². The van der Waals surface area contributed by atoms with Crippen LogP contribution >= 0.6 is 0 Å². The molecule has 0 aromatic rings. The molecule has 278 valence electrons. The van der Waals surface area contributed by atoms with Gasteiger partial charge >= 0.3 is 22.5 Å². The number of nitrogens with one attached hydrogen (secondary N) is 4. The van der Waals surface area contributed by atoms with Gasteiger partial charge in [0.2, 0.25) is 0 Å². The molecule has 6 N–H and O–H groups in total. The molecule has 8 atom stereocenters. The van der Waals surface area contributed by atoms with Crippen LogP contribution in [0, 0.1) is 0 Å². The molecule has 22 nitrogen and oxygen atoms in total. The zero-order valence-corrected chi connectivity index (χ0v) is 28.4. The van der Waals surface area contributed by atoms with Crippen LogP contribution in [0.5, 0.6) is 0 Å². The van der Waals surface area contributed by atoms with Crippen molar-refractivity contribution in [3.63, 3.8) is 0 Å². The summed E-state index contributed by atoms with van der Waals surface area (Å²) in [6, 6.07) is -3.58. The van der Waals surface area contributed by atoms with Gasteiger partial charge in [-0.3, -0.25) is 23.8 Å². The Balaban J connectivity index is 0.000000191. The zero-order chi connectivity index (χ0) is 35.7. The van der Waals surface area contributed by atoms with E-state index < -0.39 is 62.5 Å². The van der Waals surface area contributed by atoms with E-state index in [1.54, 1.807) is 0 Å². The number of urea groups is 2. The average molecular weight is 743 g/mol. The Hall–Kier alpha value is -2.94. The van der Waals surface area contributed by atoms with Crippen LogP contribution in [0.1, 0.15) is 45.4 Å². The Labute approximate surface area is 282 Å². The van der Waals surface area contributed by atoms with Gasteiger partial charge in [0.15, 0.2) is 0 Å². The van der Waals surface area contributed by atoms with Crippen LogP contribution in [0.2, 0.25) is 0 Å². The van der Waals surface area contributed by atoms with Crippen molar-refractivity contribution in [3.05, 3.63) is 0 Å². The van der Waals surface area contributed by atoms with Gasteiger partial charge in [0.25, 0.3) is 21.9 Å². The number of aliphatic hydroxyl groups is 1. The third-order valence-corrected chi connectivity index (χ3v) is 9.79. The molecule has 6 heterocycles. The van der Waals surface area contributed by atoms with Crippen molar-refractivity contribution in [2.24, 2.45) is 0 Å². The summed E-state index contributed by atoms with van der Waals surface area (Å²) < 4.78 is 62.0. The maximum atomic E-state index is 12.3. The van der Waals surface area contributed by atoms with Crippen LogP contribution in [0.4, 0.5) is 9.59 Å². The molecule has 0 spiro atoms. The SMILES string of the molecule is C[C@H]1CC(ONC(=O)[C@@H]2CC[C@@H]3CN2C(=O)N3OS(C)(=O)=O)CN1.O=C(NOC1CN[C@@H](CO)C1)[C@@H]1CC[C@@H]2CN1C(=O)N2OS(=O)(=O)O. The van der Waals surface area contributed by atoms with Crippen molar-refractivity contribution >= 4 is 44.4 Å². The number of carbonyl (C=O) groups is 4. The van der Waals surface area contributed by atoms with Gasteiger partial charge < -0.3 is 25.5 Å². The first-order chi connectivity index (χ1) is 23.0. The smallest absolute Gasteiger partial charge is 0.395 e. The third kappa shape index (κ3) is 9.25. The molecule has 6 fully saturated rings. The molecule has 6 aliphatic rings. The Morgan fingerprint density at radius 2 is 1.31 bits per heavy atom. The normalized spacial score (nSPS) is 32.7. The van der Waals surface area contributed by atoms with Gasteiger partial charge in [-0.05, 0) is 45.4 Å². The molecular weight excluding hydrogens is 700 g/mol. The lowest BCUT2D eigenvalue weighted by Crippen LogP contribution is -2.50. The minimum atomic E-state index is -4.82. The van der Waals surface area contributed by atoms with Gasteiger partial charge in [0, 0.05) is 38.3 Å². The number of aliphatic hydroxyl groups excluding tert-OH is 1. The fourth-order valence-electron chi connectivity index (χ4n) is 6.67. The number of carbonyl (C=O) groups excluding carboxylic acids is 4. The number of piperidine rings is 2. The lowest BCUT2D eigenvalue weighted by atomic mass is 10.0. The molecule has 0 aromatic carbocycles. The van der Waals surface area contributed by atoms with Gasteiger partial charge in [-0.15, -0.1) is 8.57 Å². The van der Waals surface area contributed by atoms with Gasteiger partial charge in [0.1, 0.15) is 12.1 Å². The summed E-state index contributed by atoms with van der Waals surface area (Å²) in [6.07, 6.45) is 3.39. The van der Waals surface area contributed by atoms with E-state index in [1.807, 2.05) is 6.92 Å². The van der Waals surface area contributed by atoms with Crippen LogP contribution < -0.4 is 21.6 Å². The third-order valence-electron chi connectivity index (χ3n) is 9.01. The quantitative estimate of drug-likeness (QED) is 0.0894. The van der Waals surface area contributed by atoms with E-state index in [0.29, 0.717) is 56.3 Å². The van der Waals surface area contributed by atoms with Crippen molar-refractivity contribution in [1.29, 1.82) is 0 Å². The summed E-state index contributed by atoms with van der Waals surface area (Å²) in [4.78, 5) is 62.4. The van der Waals surface area contributed by atoms with Crippen molar-refractivity contribution in [2.45, 2.75) is 93.9 Å². The molecule has 6 aliphatic heterocycles. The number of hydroxylamine groups is 6. The largest absolute Gasteiger partial charge is 0.418 e. The molecule has 0 aromatic heterocycles. The number of amides is 6. The minimum absolute atomic E-state index is 0.0241. The summed E-state index contributed by atoms with van der Waals surface area (Å²) in [7, 11) is -8.62. The topological polar surface area (TPSA) is 275 Å². The van der Waals surface area contributed by atoms with Gasteiger partial charge in [-0.25, -0.2) is 20.5 Å². The minimum Gasteiger partial charge on any atom is -0.395 e. The Morgan fingerprint density at radius 3 is 1.73 bits per heavy atom. The lowest BCUT2D eigenvalue weighted by molar-refractivity contribution is -0.143. The number of hydrogen-bond donors (Lipinski definition) is 6. The molecule has 2 unspecified atom stereocenters. The summed E-state index contributed by atoms with van der Waals surface area (Å²) in [5.41, 5.74) is 4.75. The number of nitrogens with zero attached hydrogens (tertiary/aromatic N) is 4. The molecule has 6 rings (SSSR count). The molecule has 49 heavy (non-hydrogen) atoms. The summed E-state index contributed by atoms with van der Waals surface area (Å²) in [6.45, 7) is 3.53. The second-order valence-electron chi connectivity index (χ2n) is 12.8. The van der Waals surface area contributed by atoms with E-state index in [1.165, 1.54) is 9.80 Å².